The topological polar surface area (TPSA) is 37.4 Å². The third-order valence-corrected chi connectivity index (χ3v) is 4.20. The Balaban J connectivity index is 1.85. The maximum Gasteiger partial charge on any atom is 0.261 e. The minimum Gasteiger partial charge on any atom is -0.274 e. The van der Waals surface area contributed by atoms with Crippen LogP contribution in [0.3, 0.4) is 0 Å². The fourth-order valence-corrected chi connectivity index (χ4v) is 2.81. The largest absolute Gasteiger partial charge is 0.274 e. The molecule has 3 nitrogen and oxygen atoms in total. The predicted octanol–water partition coefficient (Wildman–Crippen LogP) is 4.14. The Labute approximate surface area is 127 Å². The van der Waals surface area contributed by atoms with Gasteiger partial charge in [-0.05, 0) is 30.4 Å². The number of rotatable bonds is 7. The predicted molar refractivity (Wildman–Crippen MR) is 84.3 cm³/mol. The number of hydrogen-bond acceptors (Lipinski definition) is 2. The van der Waals surface area contributed by atoms with E-state index in [0.29, 0.717) is 23.6 Å². The van der Waals surface area contributed by atoms with Crippen molar-refractivity contribution < 1.29 is 9.59 Å². The van der Waals surface area contributed by atoms with Crippen LogP contribution in [0.1, 0.15) is 67.2 Å². The first-order chi connectivity index (χ1) is 10.0. The summed E-state index contributed by atoms with van der Waals surface area (Å²) in [6, 6.07) is 7.09. The summed E-state index contributed by atoms with van der Waals surface area (Å²) in [7, 11) is 0. The first kappa shape index (κ1) is 15.7. The molecule has 0 spiro atoms. The number of carbonyl (C=O) groups is 2. The Hall–Kier alpha value is -1.64. The van der Waals surface area contributed by atoms with Gasteiger partial charge >= 0.3 is 0 Å². The molecule has 21 heavy (non-hydrogen) atoms. The lowest BCUT2D eigenvalue weighted by Crippen LogP contribution is -2.31. The summed E-state index contributed by atoms with van der Waals surface area (Å²) >= 11 is 0. The van der Waals surface area contributed by atoms with Crippen molar-refractivity contribution >= 4 is 11.8 Å². The van der Waals surface area contributed by atoms with Crippen molar-refractivity contribution in [3.05, 3.63) is 35.4 Å². The normalized spacial score (nSPS) is 15.7. The minimum atomic E-state index is -0.134. The van der Waals surface area contributed by atoms with Gasteiger partial charge in [-0.25, -0.2) is 0 Å². The van der Waals surface area contributed by atoms with E-state index in [1.165, 1.54) is 24.2 Å². The van der Waals surface area contributed by atoms with E-state index >= 15 is 0 Å². The van der Waals surface area contributed by atoms with Crippen LogP contribution < -0.4 is 0 Å². The zero-order chi connectivity index (χ0) is 15.4. The first-order valence-corrected chi connectivity index (χ1v) is 7.96. The van der Waals surface area contributed by atoms with E-state index in [1.807, 2.05) is 12.1 Å². The second kappa shape index (κ2) is 6.88. The highest BCUT2D eigenvalue weighted by atomic mass is 16.2. The number of benzene rings is 1. The van der Waals surface area contributed by atoms with Gasteiger partial charge in [0.2, 0.25) is 0 Å². The fourth-order valence-electron chi connectivity index (χ4n) is 2.81. The molecule has 1 atom stereocenters. The van der Waals surface area contributed by atoms with E-state index in [2.05, 4.69) is 20.8 Å². The van der Waals surface area contributed by atoms with Gasteiger partial charge in [0, 0.05) is 6.54 Å². The molecule has 0 aliphatic carbocycles. The molecule has 2 rings (SSSR count). The molecule has 0 radical (unpaired) electrons. The zero-order valence-corrected chi connectivity index (χ0v) is 13.3. The van der Waals surface area contributed by atoms with Crippen LogP contribution in [-0.2, 0) is 0 Å². The quantitative estimate of drug-likeness (QED) is 0.707. The van der Waals surface area contributed by atoms with Gasteiger partial charge in [-0.1, -0.05) is 52.2 Å². The summed E-state index contributed by atoms with van der Waals surface area (Å²) in [5.74, 6) is 1.02. The van der Waals surface area contributed by atoms with Crippen LogP contribution in [0.2, 0.25) is 0 Å². The van der Waals surface area contributed by atoms with Crippen LogP contribution in [0.4, 0.5) is 0 Å². The number of amides is 2. The highest BCUT2D eigenvalue weighted by Gasteiger charge is 2.34. The standard InChI is InChI=1S/C18H25NO2/c1-13(2)7-6-8-14(3)11-12-19-17(20)15-9-4-5-10-16(15)18(19)21/h4-5,9-10,13-14H,6-8,11-12H2,1-3H3/t14-/m1/s1. The van der Waals surface area contributed by atoms with E-state index in [0.717, 1.165) is 12.3 Å². The number of imide groups is 1. The average Bonchev–Trinajstić information content (AvgIpc) is 2.69. The number of fused-ring (bicyclic) bond motifs is 1. The number of hydrogen-bond donors (Lipinski definition) is 0. The van der Waals surface area contributed by atoms with E-state index in [1.54, 1.807) is 12.1 Å². The summed E-state index contributed by atoms with van der Waals surface area (Å²) < 4.78 is 0. The van der Waals surface area contributed by atoms with Crippen molar-refractivity contribution in [1.82, 2.24) is 4.90 Å². The summed E-state index contributed by atoms with van der Waals surface area (Å²) in [4.78, 5) is 25.9. The zero-order valence-electron chi connectivity index (χ0n) is 13.3. The Morgan fingerprint density at radius 3 is 2.00 bits per heavy atom. The van der Waals surface area contributed by atoms with Crippen molar-refractivity contribution in [2.75, 3.05) is 6.54 Å². The molecule has 0 unspecified atom stereocenters. The first-order valence-electron chi connectivity index (χ1n) is 7.96. The second-order valence-electron chi connectivity index (χ2n) is 6.53. The van der Waals surface area contributed by atoms with Crippen LogP contribution in [0, 0.1) is 11.8 Å². The molecule has 0 fully saturated rings. The number of carbonyl (C=O) groups excluding carboxylic acids is 2. The maximum atomic E-state index is 12.2. The van der Waals surface area contributed by atoms with Gasteiger partial charge < -0.3 is 0 Å². The summed E-state index contributed by atoms with van der Waals surface area (Å²) in [5, 5.41) is 0. The third-order valence-electron chi connectivity index (χ3n) is 4.20. The van der Waals surface area contributed by atoms with E-state index in [4.69, 9.17) is 0 Å². The lowest BCUT2D eigenvalue weighted by Gasteiger charge is -2.17. The smallest absolute Gasteiger partial charge is 0.261 e. The highest BCUT2D eigenvalue weighted by molar-refractivity contribution is 6.21. The molecule has 1 aliphatic heterocycles. The van der Waals surface area contributed by atoms with Crippen molar-refractivity contribution in [2.45, 2.75) is 46.5 Å². The highest BCUT2D eigenvalue weighted by Crippen LogP contribution is 2.24. The van der Waals surface area contributed by atoms with Crippen molar-refractivity contribution in [3.8, 4) is 0 Å². The molecule has 1 aliphatic rings. The second-order valence-corrected chi connectivity index (χ2v) is 6.53. The summed E-state index contributed by atoms with van der Waals surface area (Å²) in [5.41, 5.74) is 1.10. The lowest BCUT2D eigenvalue weighted by atomic mass is 9.97. The Bertz CT molecular complexity index is 487. The Morgan fingerprint density at radius 1 is 0.905 bits per heavy atom. The van der Waals surface area contributed by atoms with E-state index < -0.39 is 0 Å². The van der Waals surface area contributed by atoms with Gasteiger partial charge in [0.25, 0.3) is 11.8 Å². The van der Waals surface area contributed by atoms with Gasteiger partial charge in [-0.3, -0.25) is 14.5 Å². The molecule has 2 amide bonds. The minimum absolute atomic E-state index is 0.134. The monoisotopic (exact) mass is 287 g/mol. The molecule has 0 bridgehead atoms. The molecular weight excluding hydrogens is 262 g/mol. The molecular formula is C18H25NO2. The fraction of sp³-hybridized carbons (Fsp3) is 0.556. The Kier molecular flexibility index (Phi) is 5.16. The summed E-state index contributed by atoms with van der Waals surface area (Å²) in [6.07, 6.45) is 4.53. The van der Waals surface area contributed by atoms with Gasteiger partial charge in [-0.2, -0.15) is 0 Å². The van der Waals surface area contributed by atoms with E-state index in [-0.39, 0.29) is 11.8 Å². The average molecular weight is 287 g/mol. The van der Waals surface area contributed by atoms with Crippen molar-refractivity contribution in [3.63, 3.8) is 0 Å². The van der Waals surface area contributed by atoms with Gasteiger partial charge in [0.05, 0.1) is 11.1 Å². The van der Waals surface area contributed by atoms with Crippen LogP contribution in [0.5, 0.6) is 0 Å². The van der Waals surface area contributed by atoms with Crippen LogP contribution >= 0.6 is 0 Å². The van der Waals surface area contributed by atoms with Crippen molar-refractivity contribution in [2.24, 2.45) is 11.8 Å². The molecule has 1 aromatic rings. The lowest BCUT2D eigenvalue weighted by molar-refractivity contribution is 0.0646. The molecule has 114 valence electrons. The molecule has 0 saturated carbocycles. The molecule has 1 heterocycles. The molecule has 1 aromatic carbocycles. The van der Waals surface area contributed by atoms with Crippen LogP contribution in [0.25, 0.3) is 0 Å². The van der Waals surface area contributed by atoms with E-state index in [9.17, 15) is 9.59 Å². The van der Waals surface area contributed by atoms with Gasteiger partial charge in [-0.15, -0.1) is 0 Å². The summed E-state index contributed by atoms with van der Waals surface area (Å²) in [6.45, 7) is 7.22. The molecule has 0 saturated heterocycles. The number of nitrogens with zero attached hydrogens (tertiary/aromatic N) is 1. The maximum absolute atomic E-state index is 12.2. The molecule has 0 aromatic heterocycles. The third kappa shape index (κ3) is 3.72. The molecule has 0 N–H and O–H groups in total. The SMILES string of the molecule is CC(C)CCC[C@@H](C)CCN1C(=O)c2ccccc2C1=O. The van der Waals surface area contributed by atoms with Gasteiger partial charge in [0.15, 0.2) is 0 Å². The van der Waals surface area contributed by atoms with Crippen LogP contribution in [0.15, 0.2) is 24.3 Å². The van der Waals surface area contributed by atoms with Crippen LogP contribution in [-0.4, -0.2) is 23.3 Å². The van der Waals surface area contributed by atoms with Crippen molar-refractivity contribution in [1.29, 1.82) is 0 Å². The van der Waals surface area contributed by atoms with Gasteiger partial charge in [0.1, 0.15) is 0 Å². The molecule has 3 heteroatoms. The Morgan fingerprint density at radius 2 is 1.48 bits per heavy atom.